The highest BCUT2D eigenvalue weighted by atomic mass is 79.9. The van der Waals surface area contributed by atoms with Gasteiger partial charge < -0.3 is 0 Å². The van der Waals surface area contributed by atoms with Gasteiger partial charge in [-0.25, -0.2) is 10.9 Å². The summed E-state index contributed by atoms with van der Waals surface area (Å²) in [6, 6.07) is 8.18. The molecule has 1 aliphatic rings. The average Bonchev–Trinajstić information content (AvgIpc) is 1.90. The van der Waals surface area contributed by atoms with Gasteiger partial charge in [-0.15, -0.1) is 0 Å². The third kappa shape index (κ3) is 1.44. The quantitative estimate of drug-likeness (QED) is 0.654. The van der Waals surface area contributed by atoms with Crippen LogP contribution < -0.4 is 16.4 Å². The van der Waals surface area contributed by atoms with Crippen LogP contribution in [0.4, 0.5) is 0 Å². The Labute approximate surface area is 73.2 Å². The molecule has 0 amide bonds. The van der Waals surface area contributed by atoms with Gasteiger partial charge in [-0.1, -0.05) is 28.1 Å². The molecule has 1 aromatic rings. The highest BCUT2D eigenvalue weighted by Gasteiger charge is 2.15. The topological polar surface area (TPSA) is 36.1 Å². The third-order valence-electron chi connectivity index (χ3n) is 1.64. The predicted molar refractivity (Wildman–Crippen MR) is 46.3 cm³/mol. The van der Waals surface area contributed by atoms with Crippen molar-refractivity contribution < 1.29 is 0 Å². The first kappa shape index (κ1) is 7.24. The van der Waals surface area contributed by atoms with Crippen LogP contribution >= 0.6 is 15.9 Å². The van der Waals surface area contributed by atoms with Crippen molar-refractivity contribution in [1.29, 1.82) is 0 Å². The van der Waals surface area contributed by atoms with Crippen LogP contribution in [0.2, 0.25) is 0 Å². The van der Waals surface area contributed by atoms with Gasteiger partial charge in [-0.05, 0) is 17.7 Å². The summed E-state index contributed by atoms with van der Waals surface area (Å²) in [7, 11) is 0. The second kappa shape index (κ2) is 2.91. The van der Waals surface area contributed by atoms with E-state index < -0.39 is 0 Å². The van der Waals surface area contributed by atoms with Gasteiger partial charge in [-0.2, -0.15) is 5.53 Å². The van der Waals surface area contributed by atoms with Crippen LogP contribution in [0.25, 0.3) is 0 Å². The highest BCUT2D eigenvalue weighted by Crippen LogP contribution is 2.15. The van der Waals surface area contributed by atoms with E-state index in [1.165, 1.54) is 5.56 Å². The number of halogens is 1. The molecule has 0 unspecified atom stereocenters. The SMILES string of the molecule is Brc1ccc(C2NNN2)cc1. The molecular weight excluding hydrogens is 206 g/mol. The minimum absolute atomic E-state index is 0.253. The molecule has 1 saturated heterocycles. The zero-order chi connectivity index (χ0) is 7.68. The van der Waals surface area contributed by atoms with E-state index in [-0.39, 0.29) is 6.17 Å². The van der Waals surface area contributed by atoms with Crippen LogP contribution in [0.5, 0.6) is 0 Å². The van der Waals surface area contributed by atoms with E-state index >= 15 is 0 Å². The van der Waals surface area contributed by atoms with Crippen LogP contribution in [0.15, 0.2) is 28.7 Å². The van der Waals surface area contributed by atoms with Crippen molar-refractivity contribution in [3.63, 3.8) is 0 Å². The molecule has 3 N–H and O–H groups in total. The van der Waals surface area contributed by atoms with Crippen molar-refractivity contribution in [1.82, 2.24) is 16.4 Å². The number of benzene rings is 1. The summed E-state index contributed by atoms with van der Waals surface area (Å²) < 4.78 is 1.11. The van der Waals surface area contributed by atoms with Gasteiger partial charge in [0.05, 0.1) is 0 Å². The van der Waals surface area contributed by atoms with Crippen LogP contribution in [0.1, 0.15) is 11.7 Å². The number of hydrogen-bond donors (Lipinski definition) is 3. The Morgan fingerprint density at radius 1 is 1.09 bits per heavy atom. The fraction of sp³-hybridized carbons (Fsp3) is 0.143. The summed E-state index contributed by atoms with van der Waals surface area (Å²) >= 11 is 3.38. The zero-order valence-corrected chi connectivity index (χ0v) is 7.35. The van der Waals surface area contributed by atoms with Crippen molar-refractivity contribution in [2.75, 3.05) is 0 Å². The predicted octanol–water partition coefficient (Wildman–Crippen LogP) is 1.06. The van der Waals surface area contributed by atoms with Crippen molar-refractivity contribution in [3.8, 4) is 0 Å². The number of hydrogen-bond acceptors (Lipinski definition) is 3. The van der Waals surface area contributed by atoms with Crippen molar-refractivity contribution in [2.24, 2.45) is 0 Å². The first-order valence-corrected chi connectivity index (χ1v) is 4.17. The lowest BCUT2D eigenvalue weighted by Gasteiger charge is -2.30. The molecule has 1 aliphatic heterocycles. The van der Waals surface area contributed by atoms with Crippen molar-refractivity contribution >= 4 is 15.9 Å². The zero-order valence-electron chi connectivity index (χ0n) is 5.76. The first-order chi connectivity index (χ1) is 5.36. The van der Waals surface area contributed by atoms with Gasteiger partial charge >= 0.3 is 0 Å². The molecule has 58 valence electrons. The van der Waals surface area contributed by atoms with Crippen molar-refractivity contribution in [3.05, 3.63) is 34.3 Å². The summed E-state index contributed by atoms with van der Waals surface area (Å²) in [5.74, 6) is 0. The Balaban J connectivity index is 2.18. The lowest BCUT2D eigenvalue weighted by Crippen LogP contribution is -2.62. The van der Waals surface area contributed by atoms with Gasteiger partial charge in [0, 0.05) is 4.47 Å². The van der Waals surface area contributed by atoms with Crippen LogP contribution in [-0.4, -0.2) is 0 Å². The second-order valence-corrected chi connectivity index (χ2v) is 3.31. The summed E-state index contributed by atoms with van der Waals surface area (Å²) in [4.78, 5) is 0. The maximum Gasteiger partial charge on any atom is 0.111 e. The van der Waals surface area contributed by atoms with Gasteiger partial charge in [0.2, 0.25) is 0 Å². The first-order valence-electron chi connectivity index (χ1n) is 3.38. The molecule has 2 rings (SSSR count). The van der Waals surface area contributed by atoms with Gasteiger partial charge in [0.1, 0.15) is 6.17 Å². The van der Waals surface area contributed by atoms with Crippen LogP contribution in [-0.2, 0) is 0 Å². The molecule has 0 saturated carbocycles. The third-order valence-corrected chi connectivity index (χ3v) is 2.17. The molecule has 4 heteroatoms. The van der Waals surface area contributed by atoms with Crippen LogP contribution in [0, 0.1) is 0 Å². The maximum atomic E-state index is 3.38. The normalized spacial score (nSPS) is 17.9. The Morgan fingerprint density at radius 2 is 1.73 bits per heavy atom. The molecule has 3 nitrogen and oxygen atoms in total. The molecule has 0 aliphatic carbocycles. The van der Waals surface area contributed by atoms with Gasteiger partial charge in [0.25, 0.3) is 0 Å². The molecule has 0 aromatic heterocycles. The van der Waals surface area contributed by atoms with E-state index in [2.05, 4.69) is 44.4 Å². The number of nitrogens with one attached hydrogen (secondary N) is 3. The fourth-order valence-corrected chi connectivity index (χ4v) is 1.23. The Bertz CT molecular complexity index is 242. The molecular formula is C7H8BrN3. The summed E-state index contributed by atoms with van der Waals surface area (Å²) in [5.41, 5.74) is 10.0. The smallest absolute Gasteiger partial charge is 0.111 e. The minimum Gasteiger partial charge on any atom is -0.222 e. The standard InChI is InChI=1S/C7H8BrN3/c8-6-3-1-5(2-4-6)7-9-11-10-7/h1-4,7,9-11H. The van der Waals surface area contributed by atoms with E-state index in [9.17, 15) is 0 Å². The van der Waals surface area contributed by atoms with E-state index in [0.717, 1.165) is 4.47 Å². The molecule has 11 heavy (non-hydrogen) atoms. The van der Waals surface area contributed by atoms with E-state index in [1.54, 1.807) is 0 Å². The molecule has 0 atom stereocenters. The molecule has 0 bridgehead atoms. The summed E-state index contributed by atoms with van der Waals surface area (Å²) in [6.45, 7) is 0. The lowest BCUT2D eigenvalue weighted by atomic mass is 10.2. The fourth-order valence-electron chi connectivity index (χ4n) is 0.966. The van der Waals surface area contributed by atoms with Crippen LogP contribution in [0.3, 0.4) is 0 Å². The molecule has 1 heterocycles. The minimum atomic E-state index is 0.253. The number of rotatable bonds is 1. The molecule has 1 fully saturated rings. The van der Waals surface area contributed by atoms with Crippen molar-refractivity contribution in [2.45, 2.75) is 6.17 Å². The number of hydrazine groups is 2. The average molecular weight is 214 g/mol. The Kier molecular flexibility index (Phi) is 1.91. The van der Waals surface area contributed by atoms with E-state index in [1.807, 2.05) is 12.1 Å². The Hall–Kier alpha value is -0.420. The molecule has 0 spiro atoms. The Morgan fingerprint density at radius 3 is 2.18 bits per heavy atom. The van der Waals surface area contributed by atoms with E-state index in [0.29, 0.717) is 0 Å². The summed E-state index contributed by atoms with van der Waals surface area (Å²) in [5, 5.41) is 0. The lowest BCUT2D eigenvalue weighted by molar-refractivity contribution is 0.189. The monoisotopic (exact) mass is 213 g/mol. The highest BCUT2D eigenvalue weighted by molar-refractivity contribution is 9.10. The largest absolute Gasteiger partial charge is 0.222 e. The van der Waals surface area contributed by atoms with Gasteiger partial charge in [-0.3, -0.25) is 0 Å². The summed E-state index contributed by atoms with van der Waals surface area (Å²) in [6.07, 6.45) is 0.253. The molecule has 0 radical (unpaired) electrons. The molecule has 1 aromatic carbocycles. The van der Waals surface area contributed by atoms with E-state index in [4.69, 9.17) is 0 Å². The second-order valence-electron chi connectivity index (χ2n) is 2.40. The maximum absolute atomic E-state index is 3.38. The van der Waals surface area contributed by atoms with Gasteiger partial charge in [0.15, 0.2) is 0 Å².